The minimum Gasteiger partial charge on any atom is -0.357 e. The summed E-state index contributed by atoms with van der Waals surface area (Å²) in [7, 11) is 3.46. The summed E-state index contributed by atoms with van der Waals surface area (Å²) < 4.78 is 14.2. The highest BCUT2D eigenvalue weighted by Gasteiger charge is 2.07. The van der Waals surface area contributed by atoms with Crippen molar-refractivity contribution in [2.24, 2.45) is 4.99 Å². The summed E-state index contributed by atoms with van der Waals surface area (Å²) in [5.74, 6) is 0.330. The normalized spacial score (nSPS) is 11.2. The summed E-state index contributed by atoms with van der Waals surface area (Å²) >= 11 is 3.29. The highest BCUT2D eigenvalue weighted by atomic mass is 79.9. The SMILES string of the molecule is CCNC(=NCc1cc(F)cc(Br)c1)NCc1ccc(C(=O)N(C)C)cc1. The van der Waals surface area contributed by atoms with Crippen LogP contribution in [0.15, 0.2) is 51.9 Å². The van der Waals surface area contributed by atoms with Gasteiger partial charge in [-0.05, 0) is 48.4 Å². The first-order chi connectivity index (χ1) is 12.9. The maximum atomic E-state index is 13.5. The maximum absolute atomic E-state index is 13.5. The van der Waals surface area contributed by atoms with E-state index in [1.54, 1.807) is 19.0 Å². The molecule has 0 aliphatic heterocycles. The predicted molar refractivity (Wildman–Crippen MR) is 110 cm³/mol. The molecule has 5 nitrogen and oxygen atoms in total. The molecule has 2 aromatic carbocycles. The number of carbonyl (C=O) groups is 1. The van der Waals surface area contributed by atoms with Gasteiger partial charge in [-0.1, -0.05) is 28.1 Å². The molecule has 27 heavy (non-hydrogen) atoms. The van der Waals surface area contributed by atoms with Crippen molar-refractivity contribution in [1.29, 1.82) is 0 Å². The molecule has 2 N–H and O–H groups in total. The number of carbonyl (C=O) groups excluding carboxylic acids is 1. The summed E-state index contributed by atoms with van der Waals surface area (Å²) in [6.07, 6.45) is 0. The van der Waals surface area contributed by atoms with Gasteiger partial charge in [0.2, 0.25) is 0 Å². The van der Waals surface area contributed by atoms with E-state index < -0.39 is 0 Å². The Bertz CT molecular complexity index is 786. The van der Waals surface area contributed by atoms with Crippen molar-refractivity contribution in [2.75, 3.05) is 20.6 Å². The van der Waals surface area contributed by atoms with Crippen LogP contribution in [0.4, 0.5) is 4.39 Å². The molecule has 0 unspecified atom stereocenters. The lowest BCUT2D eigenvalue weighted by Crippen LogP contribution is -2.36. The maximum Gasteiger partial charge on any atom is 0.253 e. The lowest BCUT2D eigenvalue weighted by Gasteiger charge is -2.13. The second-order valence-electron chi connectivity index (χ2n) is 6.22. The Morgan fingerprint density at radius 1 is 1.11 bits per heavy atom. The molecular weight excluding hydrogens is 411 g/mol. The molecule has 0 saturated heterocycles. The third-order valence-electron chi connectivity index (χ3n) is 3.75. The third kappa shape index (κ3) is 6.67. The summed E-state index contributed by atoms with van der Waals surface area (Å²) in [6.45, 7) is 3.63. The second-order valence-corrected chi connectivity index (χ2v) is 7.14. The predicted octanol–water partition coefficient (Wildman–Crippen LogP) is 3.55. The van der Waals surface area contributed by atoms with Gasteiger partial charge in [-0.25, -0.2) is 9.38 Å². The molecule has 0 aliphatic carbocycles. The Balaban J connectivity index is 2.00. The van der Waals surface area contributed by atoms with Gasteiger partial charge in [0, 0.05) is 37.2 Å². The van der Waals surface area contributed by atoms with Crippen LogP contribution in [-0.2, 0) is 13.1 Å². The number of rotatable bonds is 6. The molecule has 2 aromatic rings. The first kappa shape index (κ1) is 20.9. The Hall–Kier alpha value is -2.41. The van der Waals surface area contributed by atoms with Gasteiger partial charge >= 0.3 is 0 Å². The van der Waals surface area contributed by atoms with Crippen molar-refractivity contribution < 1.29 is 9.18 Å². The number of nitrogens with zero attached hydrogens (tertiary/aromatic N) is 2. The molecule has 0 bridgehead atoms. The molecule has 0 radical (unpaired) electrons. The van der Waals surface area contributed by atoms with Crippen molar-refractivity contribution in [2.45, 2.75) is 20.0 Å². The van der Waals surface area contributed by atoms with Gasteiger partial charge in [0.25, 0.3) is 5.91 Å². The minimum absolute atomic E-state index is 0.0225. The smallest absolute Gasteiger partial charge is 0.253 e. The fourth-order valence-electron chi connectivity index (χ4n) is 2.42. The number of benzene rings is 2. The molecule has 144 valence electrons. The van der Waals surface area contributed by atoms with Crippen LogP contribution in [0.2, 0.25) is 0 Å². The summed E-state index contributed by atoms with van der Waals surface area (Å²) in [4.78, 5) is 18.0. The molecule has 2 rings (SSSR count). The Morgan fingerprint density at radius 2 is 1.81 bits per heavy atom. The van der Waals surface area contributed by atoms with Crippen LogP contribution in [0.1, 0.15) is 28.4 Å². The van der Waals surface area contributed by atoms with E-state index in [0.29, 0.717) is 29.1 Å². The summed E-state index contributed by atoms with van der Waals surface area (Å²) in [5.41, 5.74) is 2.47. The quantitative estimate of drug-likeness (QED) is 0.539. The Kier molecular flexibility index (Phi) is 7.79. The number of guanidine groups is 1. The zero-order valence-electron chi connectivity index (χ0n) is 15.7. The van der Waals surface area contributed by atoms with Crippen LogP contribution in [-0.4, -0.2) is 37.4 Å². The van der Waals surface area contributed by atoms with Gasteiger partial charge in [0.1, 0.15) is 5.82 Å². The molecule has 0 aromatic heterocycles. The van der Waals surface area contributed by atoms with Gasteiger partial charge in [-0.3, -0.25) is 4.79 Å². The lowest BCUT2D eigenvalue weighted by atomic mass is 10.1. The minimum atomic E-state index is -0.292. The molecule has 0 fully saturated rings. The highest BCUT2D eigenvalue weighted by molar-refractivity contribution is 9.10. The van der Waals surface area contributed by atoms with Gasteiger partial charge in [-0.2, -0.15) is 0 Å². The van der Waals surface area contributed by atoms with E-state index in [0.717, 1.165) is 17.7 Å². The van der Waals surface area contributed by atoms with Crippen molar-refractivity contribution in [3.63, 3.8) is 0 Å². The van der Waals surface area contributed by atoms with Gasteiger partial charge < -0.3 is 15.5 Å². The highest BCUT2D eigenvalue weighted by Crippen LogP contribution is 2.15. The van der Waals surface area contributed by atoms with E-state index in [9.17, 15) is 9.18 Å². The summed E-state index contributed by atoms with van der Waals surface area (Å²) in [6, 6.07) is 12.2. The first-order valence-corrected chi connectivity index (χ1v) is 9.46. The van der Waals surface area contributed by atoms with Crippen LogP contribution >= 0.6 is 15.9 Å². The van der Waals surface area contributed by atoms with Crippen LogP contribution < -0.4 is 10.6 Å². The molecule has 0 spiro atoms. The average Bonchev–Trinajstić information content (AvgIpc) is 2.63. The van der Waals surface area contributed by atoms with Gasteiger partial charge in [-0.15, -0.1) is 0 Å². The molecule has 0 atom stereocenters. The fraction of sp³-hybridized carbons (Fsp3) is 0.300. The number of aliphatic imine (C=N–C) groups is 1. The molecule has 7 heteroatoms. The van der Waals surface area contributed by atoms with E-state index in [1.807, 2.05) is 37.3 Å². The Labute approximate surface area is 167 Å². The number of hydrogen-bond acceptors (Lipinski definition) is 2. The van der Waals surface area contributed by atoms with Crippen molar-refractivity contribution in [3.05, 3.63) is 69.4 Å². The molecule has 0 saturated carbocycles. The molecule has 1 amide bonds. The molecule has 0 heterocycles. The van der Waals surface area contributed by atoms with Crippen LogP contribution in [0.5, 0.6) is 0 Å². The zero-order chi connectivity index (χ0) is 19.8. The zero-order valence-corrected chi connectivity index (χ0v) is 17.3. The molecular formula is C20H24BrFN4O. The number of hydrogen-bond donors (Lipinski definition) is 2. The lowest BCUT2D eigenvalue weighted by molar-refractivity contribution is 0.0827. The van der Waals surface area contributed by atoms with Crippen molar-refractivity contribution >= 4 is 27.8 Å². The van der Waals surface area contributed by atoms with E-state index in [4.69, 9.17) is 0 Å². The fourth-order valence-corrected chi connectivity index (χ4v) is 2.94. The topological polar surface area (TPSA) is 56.7 Å². The first-order valence-electron chi connectivity index (χ1n) is 8.66. The monoisotopic (exact) mass is 434 g/mol. The van der Waals surface area contributed by atoms with Crippen LogP contribution in [0.3, 0.4) is 0 Å². The van der Waals surface area contributed by atoms with Crippen LogP contribution in [0, 0.1) is 5.82 Å². The van der Waals surface area contributed by atoms with E-state index >= 15 is 0 Å². The van der Waals surface area contributed by atoms with Crippen molar-refractivity contribution in [1.82, 2.24) is 15.5 Å². The Morgan fingerprint density at radius 3 is 2.41 bits per heavy atom. The standard InChI is InChI=1S/C20H24BrFN4O/c1-4-23-20(25-13-15-9-17(21)11-18(22)10-15)24-12-14-5-7-16(8-6-14)19(27)26(2)3/h5-11H,4,12-13H2,1-3H3,(H2,23,24,25). The second kappa shape index (κ2) is 10.1. The number of amides is 1. The molecule has 0 aliphatic rings. The number of halogens is 2. The van der Waals surface area contributed by atoms with Crippen LogP contribution in [0.25, 0.3) is 0 Å². The largest absolute Gasteiger partial charge is 0.357 e. The van der Waals surface area contributed by atoms with E-state index in [2.05, 4.69) is 31.6 Å². The third-order valence-corrected chi connectivity index (χ3v) is 4.21. The van der Waals surface area contributed by atoms with Crippen molar-refractivity contribution in [3.8, 4) is 0 Å². The van der Waals surface area contributed by atoms with Gasteiger partial charge in [0.15, 0.2) is 5.96 Å². The number of nitrogens with one attached hydrogen (secondary N) is 2. The van der Waals surface area contributed by atoms with E-state index in [1.165, 1.54) is 12.1 Å². The summed E-state index contributed by atoms with van der Waals surface area (Å²) in [5, 5.41) is 6.42. The van der Waals surface area contributed by atoms with E-state index in [-0.39, 0.29) is 11.7 Å². The average molecular weight is 435 g/mol. The van der Waals surface area contributed by atoms with Gasteiger partial charge in [0.05, 0.1) is 6.54 Å².